The molecule has 0 aliphatic carbocycles. The molecule has 5 heteroatoms. The Labute approximate surface area is 165 Å². The van der Waals surface area contributed by atoms with Gasteiger partial charge in [0.15, 0.2) is 0 Å². The third kappa shape index (κ3) is 4.04. The summed E-state index contributed by atoms with van der Waals surface area (Å²) < 4.78 is 0. The van der Waals surface area contributed by atoms with Crippen LogP contribution in [0.2, 0.25) is 5.02 Å². The number of likely N-dealkylation sites (tertiary alicyclic amines) is 1. The zero-order chi connectivity index (χ0) is 17.9. The van der Waals surface area contributed by atoms with E-state index in [0.717, 1.165) is 24.5 Å². The minimum Gasteiger partial charge on any atom is -0.340 e. The Hall–Kier alpha value is -1.20. The largest absolute Gasteiger partial charge is 0.340 e. The lowest BCUT2D eigenvalue weighted by Gasteiger charge is -2.33. The molecule has 0 atom stereocenters. The molecule has 26 heavy (non-hydrogen) atoms. The lowest BCUT2D eigenvalue weighted by atomic mass is 10.1. The minimum atomic E-state index is 0.678. The van der Waals surface area contributed by atoms with Gasteiger partial charge in [-0.15, -0.1) is 0 Å². The lowest BCUT2D eigenvalue weighted by molar-refractivity contribution is 0.235. The summed E-state index contributed by atoms with van der Waals surface area (Å²) in [6.07, 6.45) is 3.65. The average Bonchev–Trinajstić information content (AvgIpc) is 2.66. The first-order valence-electron chi connectivity index (χ1n) is 9.46. The SMILES string of the molecule is CN1CCC(NCCCN2c3ccccc3Sc3ccc(Cl)cc32)CC1. The van der Waals surface area contributed by atoms with E-state index in [1.165, 1.54) is 47.1 Å². The number of piperidine rings is 1. The highest BCUT2D eigenvalue weighted by atomic mass is 35.5. The molecule has 0 saturated carbocycles. The van der Waals surface area contributed by atoms with Crippen molar-refractivity contribution in [3.05, 3.63) is 47.5 Å². The number of hydrogen-bond acceptors (Lipinski definition) is 4. The molecule has 4 rings (SSSR count). The van der Waals surface area contributed by atoms with Gasteiger partial charge in [-0.2, -0.15) is 0 Å². The van der Waals surface area contributed by atoms with Crippen LogP contribution in [0.25, 0.3) is 0 Å². The molecular formula is C21H26ClN3S. The van der Waals surface area contributed by atoms with Crippen molar-refractivity contribution in [1.82, 2.24) is 10.2 Å². The van der Waals surface area contributed by atoms with Crippen LogP contribution in [0.3, 0.4) is 0 Å². The summed E-state index contributed by atoms with van der Waals surface area (Å²) in [4.78, 5) is 7.46. The van der Waals surface area contributed by atoms with Gasteiger partial charge in [0.05, 0.1) is 11.4 Å². The molecular weight excluding hydrogens is 362 g/mol. The molecule has 3 nitrogen and oxygen atoms in total. The second-order valence-electron chi connectivity index (χ2n) is 7.22. The Bertz CT molecular complexity index is 759. The van der Waals surface area contributed by atoms with Crippen LogP contribution in [0.15, 0.2) is 52.3 Å². The van der Waals surface area contributed by atoms with Crippen LogP contribution in [0, 0.1) is 0 Å². The Morgan fingerprint density at radius 1 is 1.08 bits per heavy atom. The fourth-order valence-electron chi connectivity index (χ4n) is 3.80. The van der Waals surface area contributed by atoms with E-state index in [9.17, 15) is 0 Å². The van der Waals surface area contributed by atoms with Crippen LogP contribution in [-0.4, -0.2) is 44.2 Å². The predicted molar refractivity (Wildman–Crippen MR) is 112 cm³/mol. The zero-order valence-electron chi connectivity index (χ0n) is 15.2. The number of anilines is 2. The molecule has 2 aromatic carbocycles. The topological polar surface area (TPSA) is 18.5 Å². The second kappa shape index (κ2) is 8.22. The van der Waals surface area contributed by atoms with Crippen LogP contribution in [0.1, 0.15) is 19.3 Å². The summed E-state index contributed by atoms with van der Waals surface area (Å²) in [6.45, 7) is 4.49. The summed E-state index contributed by atoms with van der Waals surface area (Å²) in [5.41, 5.74) is 2.53. The molecule has 0 unspecified atom stereocenters. The molecule has 2 aromatic rings. The maximum Gasteiger partial charge on any atom is 0.0567 e. The average molecular weight is 388 g/mol. The first-order chi connectivity index (χ1) is 12.7. The van der Waals surface area contributed by atoms with E-state index in [1.54, 1.807) is 0 Å². The molecule has 0 amide bonds. The summed E-state index contributed by atoms with van der Waals surface area (Å²) in [5, 5.41) is 4.56. The van der Waals surface area contributed by atoms with E-state index in [0.29, 0.717) is 6.04 Å². The Balaban J connectivity index is 1.42. The Kier molecular flexibility index (Phi) is 5.75. The lowest BCUT2D eigenvalue weighted by Crippen LogP contribution is -2.41. The van der Waals surface area contributed by atoms with Gasteiger partial charge in [0.1, 0.15) is 0 Å². The molecule has 138 valence electrons. The number of nitrogens with one attached hydrogen (secondary N) is 1. The Morgan fingerprint density at radius 2 is 1.85 bits per heavy atom. The van der Waals surface area contributed by atoms with Crippen molar-refractivity contribution in [1.29, 1.82) is 0 Å². The van der Waals surface area contributed by atoms with Crippen molar-refractivity contribution in [2.24, 2.45) is 0 Å². The maximum atomic E-state index is 6.29. The maximum absolute atomic E-state index is 6.29. The smallest absolute Gasteiger partial charge is 0.0567 e. The van der Waals surface area contributed by atoms with E-state index in [4.69, 9.17) is 11.6 Å². The number of fused-ring (bicyclic) bond motifs is 2. The molecule has 2 heterocycles. The van der Waals surface area contributed by atoms with Gasteiger partial charge in [0, 0.05) is 27.4 Å². The van der Waals surface area contributed by atoms with Crippen LogP contribution < -0.4 is 10.2 Å². The summed E-state index contributed by atoms with van der Waals surface area (Å²) >= 11 is 8.13. The highest BCUT2D eigenvalue weighted by Gasteiger charge is 2.23. The highest BCUT2D eigenvalue weighted by Crippen LogP contribution is 2.48. The molecule has 0 bridgehead atoms. The van der Waals surface area contributed by atoms with Gasteiger partial charge in [0.2, 0.25) is 0 Å². The summed E-state index contributed by atoms with van der Waals surface area (Å²) in [5.74, 6) is 0. The van der Waals surface area contributed by atoms with Crippen molar-refractivity contribution in [2.45, 2.75) is 35.1 Å². The number of benzene rings is 2. The number of rotatable bonds is 5. The molecule has 0 aromatic heterocycles. The number of para-hydroxylation sites is 1. The summed E-state index contributed by atoms with van der Waals surface area (Å²) in [7, 11) is 2.21. The van der Waals surface area contributed by atoms with Crippen molar-refractivity contribution in [3.63, 3.8) is 0 Å². The minimum absolute atomic E-state index is 0.678. The third-order valence-electron chi connectivity index (χ3n) is 5.30. The fourth-order valence-corrected chi connectivity index (χ4v) is 5.04. The predicted octanol–water partition coefficient (Wildman–Crippen LogP) is 5.02. The van der Waals surface area contributed by atoms with Crippen molar-refractivity contribution < 1.29 is 0 Å². The number of nitrogens with zero attached hydrogens (tertiary/aromatic N) is 2. The van der Waals surface area contributed by atoms with Gasteiger partial charge in [-0.25, -0.2) is 0 Å². The molecule has 0 radical (unpaired) electrons. The normalized spacial score (nSPS) is 17.8. The molecule has 1 saturated heterocycles. The number of halogens is 1. The Morgan fingerprint density at radius 3 is 2.69 bits per heavy atom. The number of hydrogen-bond donors (Lipinski definition) is 1. The highest BCUT2D eigenvalue weighted by molar-refractivity contribution is 7.99. The third-order valence-corrected chi connectivity index (χ3v) is 6.66. The molecule has 2 aliphatic heterocycles. The first kappa shape index (κ1) is 18.2. The van der Waals surface area contributed by atoms with Crippen LogP contribution in [0.5, 0.6) is 0 Å². The van der Waals surface area contributed by atoms with Gasteiger partial charge in [-0.05, 0) is 76.3 Å². The zero-order valence-corrected chi connectivity index (χ0v) is 16.8. The van der Waals surface area contributed by atoms with Crippen molar-refractivity contribution in [2.75, 3.05) is 38.1 Å². The van der Waals surface area contributed by atoms with Crippen molar-refractivity contribution >= 4 is 34.7 Å². The standard InChI is InChI=1S/C21H26ClN3S/c1-24-13-9-17(10-14-24)23-11-4-12-25-18-5-2-3-6-20(18)26-21-8-7-16(22)15-19(21)25/h2-3,5-8,15,17,23H,4,9-14H2,1H3. The van der Waals surface area contributed by atoms with Crippen LogP contribution in [-0.2, 0) is 0 Å². The molecule has 1 N–H and O–H groups in total. The first-order valence-corrected chi connectivity index (χ1v) is 10.7. The van der Waals surface area contributed by atoms with E-state index >= 15 is 0 Å². The quantitative estimate of drug-likeness (QED) is 0.726. The van der Waals surface area contributed by atoms with E-state index in [2.05, 4.69) is 58.6 Å². The summed E-state index contributed by atoms with van der Waals surface area (Å²) in [6, 6.07) is 15.6. The molecule has 0 spiro atoms. The van der Waals surface area contributed by atoms with Gasteiger partial charge in [0.25, 0.3) is 0 Å². The van der Waals surface area contributed by atoms with E-state index in [1.807, 2.05) is 17.8 Å². The second-order valence-corrected chi connectivity index (χ2v) is 8.74. The molecule has 2 aliphatic rings. The fraction of sp³-hybridized carbons (Fsp3) is 0.429. The van der Waals surface area contributed by atoms with Crippen LogP contribution >= 0.6 is 23.4 Å². The van der Waals surface area contributed by atoms with Gasteiger partial charge in [-0.3, -0.25) is 0 Å². The monoisotopic (exact) mass is 387 g/mol. The van der Waals surface area contributed by atoms with Crippen LogP contribution in [0.4, 0.5) is 11.4 Å². The molecule has 1 fully saturated rings. The van der Waals surface area contributed by atoms with Gasteiger partial charge >= 0.3 is 0 Å². The van der Waals surface area contributed by atoms with Crippen molar-refractivity contribution in [3.8, 4) is 0 Å². The van der Waals surface area contributed by atoms with Gasteiger partial charge < -0.3 is 15.1 Å². The van der Waals surface area contributed by atoms with E-state index in [-0.39, 0.29) is 0 Å². The van der Waals surface area contributed by atoms with Gasteiger partial charge in [-0.1, -0.05) is 35.5 Å². The van der Waals surface area contributed by atoms with E-state index < -0.39 is 0 Å².